The third-order valence-electron chi connectivity index (χ3n) is 3.29. The Morgan fingerprint density at radius 2 is 1.84 bits per heavy atom. The predicted molar refractivity (Wildman–Crippen MR) is 75.7 cm³/mol. The first kappa shape index (κ1) is 14.4. The predicted octanol–water partition coefficient (Wildman–Crippen LogP) is 5.97. The Balaban J connectivity index is 2.61. The summed E-state index contributed by atoms with van der Waals surface area (Å²) in [5, 5.41) is 0.754. The zero-order valence-corrected chi connectivity index (χ0v) is 12.0. The van der Waals surface area contributed by atoms with Gasteiger partial charge in [0, 0.05) is 23.9 Å². The van der Waals surface area contributed by atoms with Gasteiger partial charge in [0.05, 0.1) is 10.5 Å². The highest BCUT2D eigenvalue weighted by Crippen LogP contribution is 2.51. The minimum absolute atomic E-state index is 0.470. The minimum Gasteiger partial charge on any atom is -0.118 e. The van der Waals surface area contributed by atoms with E-state index in [0.29, 0.717) is 16.0 Å². The number of hydrogen-bond acceptors (Lipinski definition) is 0. The maximum Gasteiger partial charge on any atom is 0.600 e. The SMILES string of the molecule is CCCCc1cc2ccc(CC)cc2[s+]1C(F)(F)F. The van der Waals surface area contributed by atoms with Crippen molar-refractivity contribution in [2.75, 3.05) is 0 Å². The van der Waals surface area contributed by atoms with E-state index in [-0.39, 0.29) is 0 Å². The first-order valence-corrected chi connectivity index (χ1v) is 7.84. The van der Waals surface area contributed by atoms with E-state index in [1.165, 1.54) is 0 Å². The molecule has 1 unspecified atom stereocenters. The van der Waals surface area contributed by atoms with Gasteiger partial charge in [0.2, 0.25) is 0 Å². The smallest absolute Gasteiger partial charge is 0.118 e. The molecule has 0 amide bonds. The summed E-state index contributed by atoms with van der Waals surface area (Å²) < 4.78 is 40.4. The molecule has 1 aromatic carbocycles. The second-order valence-corrected chi connectivity index (χ2v) is 6.73. The third-order valence-corrected chi connectivity index (χ3v) is 5.40. The number of thiophene rings is 1. The summed E-state index contributed by atoms with van der Waals surface area (Å²) in [5.41, 5.74) is -3.18. The molecular formula is C15H18F3S+. The highest BCUT2D eigenvalue weighted by molar-refractivity contribution is 7.38. The van der Waals surface area contributed by atoms with Gasteiger partial charge in [-0.2, -0.15) is 0 Å². The van der Waals surface area contributed by atoms with Gasteiger partial charge in [-0.1, -0.05) is 26.3 Å². The zero-order valence-electron chi connectivity index (χ0n) is 11.2. The van der Waals surface area contributed by atoms with Crippen molar-refractivity contribution in [2.45, 2.75) is 45.0 Å². The fraction of sp³-hybridized carbons (Fsp3) is 0.467. The lowest BCUT2D eigenvalue weighted by Crippen LogP contribution is -1.98. The number of alkyl halides is 3. The molecule has 0 nitrogen and oxygen atoms in total. The summed E-state index contributed by atoms with van der Waals surface area (Å²) in [7, 11) is -1.71. The Kier molecular flexibility index (Phi) is 4.19. The monoisotopic (exact) mass is 287 g/mol. The molecule has 0 aliphatic carbocycles. The Hall–Kier alpha value is -1.03. The number of fused-ring (bicyclic) bond motifs is 1. The number of hydrogen-bond donors (Lipinski definition) is 0. The van der Waals surface area contributed by atoms with Crippen molar-refractivity contribution in [3.05, 3.63) is 34.7 Å². The molecule has 2 rings (SSSR count). The molecule has 0 fully saturated rings. The van der Waals surface area contributed by atoms with Crippen LogP contribution in [0.4, 0.5) is 13.2 Å². The van der Waals surface area contributed by atoms with E-state index in [2.05, 4.69) is 0 Å². The van der Waals surface area contributed by atoms with Gasteiger partial charge in [0.1, 0.15) is 0 Å². The van der Waals surface area contributed by atoms with Gasteiger partial charge in [0.15, 0.2) is 9.58 Å². The molecule has 0 bridgehead atoms. The molecule has 0 N–H and O–H groups in total. The Labute approximate surface area is 114 Å². The van der Waals surface area contributed by atoms with E-state index in [0.717, 1.165) is 30.2 Å². The lowest BCUT2D eigenvalue weighted by molar-refractivity contribution is -0.0867. The quantitative estimate of drug-likeness (QED) is 0.608. The van der Waals surface area contributed by atoms with Gasteiger partial charge < -0.3 is 0 Å². The fourth-order valence-electron chi connectivity index (χ4n) is 2.27. The molecule has 19 heavy (non-hydrogen) atoms. The van der Waals surface area contributed by atoms with E-state index in [9.17, 15) is 13.2 Å². The Morgan fingerprint density at radius 3 is 2.42 bits per heavy atom. The van der Waals surface area contributed by atoms with Crippen LogP contribution in [0.15, 0.2) is 24.3 Å². The lowest BCUT2D eigenvalue weighted by Gasteiger charge is -2.00. The largest absolute Gasteiger partial charge is 0.600 e. The van der Waals surface area contributed by atoms with Crippen LogP contribution in [0.5, 0.6) is 0 Å². The van der Waals surface area contributed by atoms with Crippen LogP contribution in [0.25, 0.3) is 10.1 Å². The molecule has 4 heteroatoms. The highest BCUT2D eigenvalue weighted by Gasteiger charge is 2.47. The average molecular weight is 287 g/mol. The van der Waals surface area contributed by atoms with Gasteiger partial charge in [-0.25, -0.2) is 0 Å². The van der Waals surface area contributed by atoms with Crippen LogP contribution in [0.3, 0.4) is 0 Å². The molecule has 104 valence electrons. The van der Waals surface area contributed by atoms with E-state index >= 15 is 0 Å². The summed E-state index contributed by atoms with van der Waals surface area (Å²) in [6, 6.07) is 7.25. The second-order valence-electron chi connectivity index (χ2n) is 4.69. The highest BCUT2D eigenvalue weighted by atomic mass is 32.2. The summed E-state index contributed by atoms with van der Waals surface area (Å²) in [6.07, 6.45) is 3.06. The van der Waals surface area contributed by atoms with E-state index in [4.69, 9.17) is 0 Å². The normalized spacial score (nSPS) is 13.2. The molecule has 2 aromatic rings. The molecule has 0 saturated carbocycles. The molecule has 1 atom stereocenters. The lowest BCUT2D eigenvalue weighted by atomic mass is 10.1. The first-order valence-electron chi connectivity index (χ1n) is 6.62. The van der Waals surface area contributed by atoms with Crippen LogP contribution >= 0.6 is 10.5 Å². The van der Waals surface area contributed by atoms with Crippen molar-refractivity contribution in [1.29, 1.82) is 0 Å². The van der Waals surface area contributed by atoms with Crippen LogP contribution in [0.1, 0.15) is 37.1 Å². The van der Waals surface area contributed by atoms with E-state index in [1.807, 2.05) is 26.0 Å². The number of halogens is 3. The maximum atomic E-state index is 13.3. The number of benzene rings is 1. The van der Waals surface area contributed by atoms with Crippen LogP contribution in [-0.2, 0) is 18.3 Å². The standard InChI is InChI=1S/C15H18F3S/c1-3-5-6-13-10-12-8-7-11(4-2)9-14(12)19(13)15(16,17)18/h7-10H,3-6H2,1-2H3/q+1. The Bertz CT molecular complexity index is 567. The number of rotatable bonds is 4. The van der Waals surface area contributed by atoms with Crippen molar-refractivity contribution in [1.82, 2.24) is 0 Å². The minimum atomic E-state index is -4.16. The van der Waals surface area contributed by atoms with Gasteiger partial charge in [0.25, 0.3) is 0 Å². The van der Waals surface area contributed by atoms with Gasteiger partial charge >= 0.3 is 5.51 Å². The van der Waals surface area contributed by atoms with Crippen LogP contribution < -0.4 is 0 Å². The second kappa shape index (κ2) is 5.53. The van der Waals surface area contributed by atoms with E-state index < -0.39 is 16.0 Å². The first-order chi connectivity index (χ1) is 8.97. The fourth-order valence-corrected chi connectivity index (χ4v) is 4.32. The van der Waals surface area contributed by atoms with Crippen molar-refractivity contribution in [2.24, 2.45) is 0 Å². The zero-order chi connectivity index (χ0) is 14.0. The average Bonchev–Trinajstić information content (AvgIpc) is 2.72. The van der Waals surface area contributed by atoms with Gasteiger partial charge in [-0.3, -0.25) is 0 Å². The molecule has 0 saturated heterocycles. The molecular weight excluding hydrogens is 269 g/mol. The van der Waals surface area contributed by atoms with Crippen LogP contribution in [-0.4, -0.2) is 0 Å². The number of unbranched alkanes of at least 4 members (excludes halogenated alkanes) is 1. The summed E-state index contributed by atoms with van der Waals surface area (Å²) in [6.45, 7) is 3.97. The third kappa shape index (κ3) is 2.94. The molecule has 1 heterocycles. The molecule has 1 aromatic heterocycles. The molecule has 0 aliphatic heterocycles. The van der Waals surface area contributed by atoms with Crippen molar-refractivity contribution < 1.29 is 13.2 Å². The van der Waals surface area contributed by atoms with Crippen molar-refractivity contribution >= 4 is 20.6 Å². The van der Waals surface area contributed by atoms with Crippen LogP contribution in [0.2, 0.25) is 0 Å². The summed E-state index contributed by atoms with van der Waals surface area (Å²) in [5.74, 6) is 0. The maximum absolute atomic E-state index is 13.3. The van der Waals surface area contributed by atoms with Crippen molar-refractivity contribution in [3.63, 3.8) is 0 Å². The molecule has 0 radical (unpaired) electrons. The van der Waals surface area contributed by atoms with Gasteiger partial charge in [-0.15, -0.1) is 13.2 Å². The van der Waals surface area contributed by atoms with E-state index in [1.54, 1.807) is 12.1 Å². The summed E-state index contributed by atoms with van der Waals surface area (Å²) >= 11 is 0. The molecule has 0 aliphatic rings. The topological polar surface area (TPSA) is 0 Å². The van der Waals surface area contributed by atoms with Crippen molar-refractivity contribution in [3.8, 4) is 0 Å². The van der Waals surface area contributed by atoms with Gasteiger partial charge in [-0.05, 0) is 24.5 Å². The van der Waals surface area contributed by atoms with Crippen LogP contribution in [0, 0.1) is 0 Å². The number of aryl methyl sites for hydroxylation is 2. The summed E-state index contributed by atoms with van der Waals surface area (Å²) in [4.78, 5) is 0.553. The molecule has 0 spiro atoms. The Morgan fingerprint density at radius 1 is 1.11 bits per heavy atom.